The smallest absolute Gasteiger partial charge is 0.248 e. The van der Waals surface area contributed by atoms with Crippen molar-refractivity contribution in [1.82, 2.24) is 10.2 Å². The first-order valence-electron chi connectivity index (χ1n) is 5.89. The lowest BCUT2D eigenvalue weighted by Gasteiger charge is -1.97. The minimum Gasteiger partial charge on any atom is -0.416 e. The summed E-state index contributed by atoms with van der Waals surface area (Å²) in [7, 11) is 0. The van der Waals surface area contributed by atoms with E-state index in [1.165, 1.54) is 5.56 Å². The summed E-state index contributed by atoms with van der Waals surface area (Å²) in [6.07, 6.45) is 0. The zero-order valence-corrected chi connectivity index (χ0v) is 11.9. The Balaban J connectivity index is 1.97. The molecule has 3 nitrogen and oxygen atoms in total. The summed E-state index contributed by atoms with van der Waals surface area (Å²) < 4.78 is 6.74. The van der Waals surface area contributed by atoms with Crippen molar-refractivity contribution in [2.75, 3.05) is 0 Å². The Morgan fingerprint density at radius 1 is 0.895 bits per heavy atom. The number of hydrogen-bond donors (Lipinski definition) is 0. The highest BCUT2D eigenvalue weighted by Crippen LogP contribution is 2.25. The molecule has 94 valence electrons. The number of aryl methyl sites for hydroxylation is 1. The molecule has 0 bridgehead atoms. The van der Waals surface area contributed by atoms with Crippen molar-refractivity contribution < 1.29 is 4.42 Å². The fourth-order valence-electron chi connectivity index (χ4n) is 1.83. The quantitative estimate of drug-likeness (QED) is 0.700. The minimum atomic E-state index is 0.531. The van der Waals surface area contributed by atoms with Crippen molar-refractivity contribution in [3.05, 3.63) is 58.6 Å². The van der Waals surface area contributed by atoms with E-state index in [-0.39, 0.29) is 0 Å². The lowest BCUT2D eigenvalue weighted by Crippen LogP contribution is -1.78. The minimum absolute atomic E-state index is 0.531. The van der Waals surface area contributed by atoms with Gasteiger partial charge in [-0.1, -0.05) is 33.6 Å². The normalized spacial score (nSPS) is 10.6. The third-order valence-electron chi connectivity index (χ3n) is 2.78. The van der Waals surface area contributed by atoms with E-state index in [0.717, 1.165) is 15.6 Å². The Bertz CT molecular complexity index is 704. The van der Waals surface area contributed by atoms with Crippen LogP contribution in [0.25, 0.3) is 22.9 Å². The molecule has 4 heteroatoms. The standard InChI is InChI=1S/C15H11BrN2O/c1-10-3-2-4-12(9-10)15-18-17-14(19-15)11-5-7-13(16)8-6-11/h2-9H,1H3. The summed E-state index contributed by atoms with van der Waals surface area (Å²) in [5.41, 5.74) is 3.02. The Morgan fingerprint density at radius 2 is 1.58 bits per heavy atom. The summed E-state index contributed by atoms with van der Waals surface area (Å²) in [6.45, 7) is 2.04. The van der Waals surface area contributed by atoms with E-state index < -0.39 is 0 Å². The molecule has 0 saturated heterocycles. The number of aromatic nitrogens is 2. The van der Waals surface area contributed by atoms with E-state index in [0.29, 0.717) is 11.8 Å². The van der Waals surface area contributed by atoms with Crippen LogP contribution in [0.2, 0.25) is 0 Å². The molecule has 19 heavy (non-hydrogen) atoms. The molecule has 0 amide bonds. The van der Waals surface area contributed by atoms with Crippen LogP contribution >= 0.6 is 15.9 Å². The lowest BCUT2D eigenvalue weighted by atomic mass is 10.1. The van der Waals surface area contributed by atoms with Gasteiger partial charge in [-0.15, -0.1) is 10.2 Å². The van der Waals surface area contributed by atoms with Crippen LogP contribution in [0.4, 0.5) is 0 Å². The second-order valence-corrected chi connectivity index (χ2v) is 5.20. The summed E-state index contributed by atoms with van der Waals surface area (Å²) in [6, 6.07) is 15.8. The largest absolute Gasteiger partial charge is 0.416 e. The van der Waals surface area contributed by atoms with E-state index in [4.69, 9.17) is 4.42 Å². The maximum absolute atomic E-state index is 5.71. The van der Waals surface area contributed by atoms with E-state index in [2.05, 4.69) is 26.1 Å². The van der Waals surface area contributed by atoms with E-state index in [1.807, 2.05) is 55.5 Å². The maximum atomic E-state index is 5.71. The highest BCUT2D eigenvalue weighted by atomic mass is 79.9. The number of halogens is 1. The SMILES string of the molecule is Cc1cccc(-c2nnc(-c3ccc(Br)cc3)o2)c1. The predicted octanol–water partition coefficient (Wildman–Crippen LogP) is 4.47. The van der Waals surface area contributed by atoms with Gasteiger partial charge in [0.25, 0.3) is 0 Å². The summed E-state index contributed by atoms with van der Waals surface area (Å²) in [5.74, 6) is 1.07. The van der Waals surface area contributed by atoms with E-state index >= 15 is 0 Å². The molecule has 0 atom stereocenters. The van der Waals surface area contributed by atoms with Crippen LogP contribution in [0.3, 0.4) is 0 Å². The van der Waals surface area contributed by atoms with Crippen molar-refractivity contribution in [2.24, 2.45) is 0 Å². The van der Waals surface area contributed by atoms with E-state index in [9.17, 15) is 0 Å². The van der Waals surface area contributed by atoms with Crippen LogP contribution in [-0.2, 0) is 0 Å². The zero-order chi connectivity index (χ0) is 13.2. The molecule has 0 aliphatic rings. The van der Waals surface area contributed by atoms with Crippen LogP contribution in [0.1, 0.15) is 5.56 Å². The van der Waals surface area contributed by atoms with Crippen LogP contribution in [0.15, 0.2) is 57.4 Å². The van der Waals surface area contributed by atoms with E-state index in [1.54, 1.807) is 0 Å². The van der Waals surface area contributed by atoms with Gasteiger partial charge in [-0.25, -0.2) is 0 Å². The summed E-state index contributed by atoms with van der Waals surface area (Å²) >= 11 is 3.40. The number of benzene rings is 2. The third kappa shape index (κ3) is 2.58. The number of nitrogens with zero attached hydrogens (tertiary/aromatic N) is 2. The zero-order valence-electron chi connectivity index (χ0n) is 10.3. The van der Waals surface area contributed by atoms with Gasteiger partial charge in [-0.2, -0.15) is 0 Å². The topological polar surface area (TPSA) is 38.9 Å². The molecular formula is C15H11BrN2O. The van der Waals surface area contributed by atoms with Gasteiger partial charge in [0.1, 0.15) is 0 Å². The molecule has 0 radical (unpaired) electrons. The van der Waals surface area contributed by atoms with Gasteiger partial charge in [0.2, 0.25) is 11.8 Å². The number of hydrogen-bond acceptors (Lipinski definition) is 3. The molecule has 0 aliphatic heterocycles. The van der Waals surface area contributed by atoms with Crippen molar-refractivity contribution >= 4 is 15.9 Å². The van der Waals surface area contributed by atoms with Gasteiger partial charge in [0, 0.05) is 15.6 Å². The molecule has 0 saturated carbocycles. The van der Waals surface area contributed by atoms with Gasteiger partial charge in [0.05, 0.1) is 0 Å². The molecule has 0 N–H and O–H groups in total. The van der Waals surface area contributed by atoms with Gasteiger partial charge in [-0.05, 0) is 43.3 Å². The van der Waals surface area contributed by atoms with Crippen molar-refractivity contribution in [3.8, 4) is 22.9 Å². The Hall–Kier alpha value is -1.94. The second kappa shape index (κ2) is 4.97. The molecule has 3 rings (SSSR count). The highest BCUT2D eigenvalue weighted by molar-refractivity contribution is 9.10. The maximum Gasteiger partial charge on any atom is 0.248 e. The second-order valence-electron chi connectivity index (χ2n) is 4.29. The molecule has 0 fully saturated rings. The Labute approximate surface area is 119 Å². The van der Waals surface area contributed by atoms with Crippen LogP contribution in [0, 0.1) is 6.92 Å². The fourth-order valence-corrected chi connectivity index (χ4v) is 2.09. The average molecular weight is 315 g/mol. The lowest BCUT2D eigenvalue weighted by molar-refractivity contribution is 0.584. The molecule has 2 aromatic carbocycles. The first-order chi connectivity index (χ1) is 9.22. The summed E-state index contributed by atoms with van der Waals surface area (Å²) in [5, 5.41) is 8.19. The van der Waals surface area contributed by atoms with Crippen molar-refractivity contribution in [3.63, 3.8) is 0 Å². The van der Waals surface area contributed by atoms with Crippen LogP contribution < -0.4 is 0 Å². The van der Waals surface area contributed by atoms with Crippen LogP contribution in [-0.4, -0.2) is 10.2 Å². The van der Waals surface area contributed by atoms with Gasteiger partial charge < -0.3 is 4.42 Å². The van der Waals surface area contributed by atoms with Crippen LogP contribution in [0.5, 0.6) is 0 Å². The molecule has 3 aromatic rings. The molecule has 1 aromatic heterocycles. The highest BCUT2D eigenvalue weighted by Gasteiger charge is 2.10. The predicted molar refractivity (Wildman–Crippen MR) is 77.6 cm³/mol. The third-order valence-corrected chi connectivity index (χ3v) is 3.31. The molecule has 0 spiro atoms. The number of rotatable bonds is 2. The average Bonchev–Trinajstić information content (AvgIpc) is 2.89. The monoisotopic (exact) mass is 314 g/mol. The first-order valence-corrected chi connectivity index (χ1v) is 6.68. The summed E-state index contributed by atoms with van der Waals surface area (Å²) in [4.78, 5) is 0. The molecular weight excluding hydrogens is 304 g/mol. The van der Waals surface area contributed by atoms with Crippen molar-refractivity contribution in [1.29, 1.82) is 0 Å². The van der Waals surface area contributed by atoms with Gasteiger partial charge in [-0.3, -0.25) is 0 Å². The molecule has 0 aliphatic carbocycles. The van der Waals surface area contributed by atoms with Gasteiger partial charge >= 0.3 is 0 Å². The molecule has 0 unspecified atom stereocenters. The van der Waals surface area contributed by atoms with Crippen molar-refractivity contribution in [2.45, 2.75) is 6.92 Å². The Kier molecular flexibility index (Phi) is 3.17. The molecule has 1 heterocycles. The Morgan fingerprint density at radius 3 is 2.26 bits per heavy atom. The fraction of sp³-hybridized carbons (Fsp3) is 0.0667. The van der Waals surface area contributed by atoms with Gasteiger partial charge in [0.15, 0.2) is 0 Å². The first kappa shape index (κ1) is 12.1.